The van der Waals surface area contributed by atoms with E-state index in [0.717, 1.165) is 93.0 Å². The van der Waals surface area contributed by atoms with Crippen molar-refractivity contribution >= 4 is 11.3 Å². The van der Waals surface area contributed by atoms with Gasteiger partial charge in [-0.1, -0.05) is 11.3 Å². The van der Waals surface area contributed by atoms with Gasteiger partial charge in [0, 0.05) is 50.3 Å². The third-order valence-electron chi connectivity index (χ3n) is 9.05. The predicted molar refractivity (Wildman–Crippen MR) is 145 cm³/mol. The van der Waals surface area contributed by atoms with Crippen LogP contribution in [0.3, 0.4) is 0 Å². The summed E-state index contributed by atoms with van der Waals surface area (Å²) in [6.07, 6.45) is 17.7. The lowest BCUT2D eigenvalue weighted by molar-refractivity contribution is -0.0336. The van der Waals surface area contributed by atoms with Crippen LogP contribution >= 0.6 is 0 Å². The zero-order chi connectivity index (χ0) is 25.6. The van der Waals surface area contributed by atoms with Crippen LogP contribution in [0, 0.1) is 5.41 Å². The first-order chi connectivity index (χ1) is 18.5. The lowest BCUT2D eigenvalue weighted by atomic mass is 9.59. The third-order valence-corrected chi connectivity index (χ3v) is 9.05. The van der Waals surface area contributed by atoms with E-state index in [1.165, 1.54) is 18.4 Å². The van der Waals surface area contributed by atoms with Gasteiger partial charge in [-0.15, -0.1) is 5.10 Å². The summed E-state index contributed by atoms with van der Waals surface area (Å²) in [5, 5.41) is 12.4. The van der Waals surface area contributed by atoms with Crippen molar-refractivity contribution in [1.29, 1.82) is 0 Å². The number of alkyl halides is 1. The Morgan fingerprint density at radius 1 is 0.947 bits per heavy atom. The molecule has 0 atom stereocenters. The first-order valence-electron chi connectivity index (χ1n) is 14.0. The fourth-order valence-corrected chi connectivity index (χ4v) is 6.62. The number of hydrogen-bond acceptors (Lipinski definition) is 6. The van der Waals surface area contributed by atoms with Crippen molar-refractivity contribution in [2.75, 3.05) is 24.5 Å². The number of anilines is 1. The first-order valence-corrected chi connectivity index (χ1v) is 14.0. The molecule has 4 aliphatic rings. The molecule has 1 aliphatic heterocycles. The molecule has 0 spiro atoms. The second kappa shape index (κ2) is 9.45. The van der Waals surface area contributed by atoms with E-state index in [0.29, 0.717) is 12.0 Å². The van der Waals surface area contributed by atoms with Gasteiger partial charge < -0.3 is 14.6 Å². The zero-order valence-electron chi connectivity index (χ0n) is 21.8. The molecule has 9 heteroatoms. The van der Waals surface area contributed by atoms with Crippen molar-refractivity contribution in [1.82, 2.24) is 34.7 Å². The van der Waals surface area contributed by atoms with Gasteiger partial charge in [-0.2, -0.15) is 0 Å². The van der Waals surface area contributed by atoms with Crippen molar-refractivity contribution in [3.8, 4) is 11.3 Å². The lowest BCUT2D eigenvalue weighted by Gasteiger charge is -2.49. The second-order valence-electron chi connectivity index (χ2n) is 11.7. The molecule has 3 saturated carbocycles. The van der Waals surface area contributed by atoms with Crippen LogP contribution in [0.4, 0.5) is 10.1 Å². The van der Waals surface area contributed by atoms with Crippen LogP contribution in [0.5, 0.6) is 0 Å². The van der Waals surface area contributed by atoms with E-state index in [9.17, 15) is 4.39 Å². The monoisotopic (exact) mass is 514 g/mol. The average molecular weight is 515 g/mol. The van der Waals surface area contributed by atoms with Gasteiger partial charge in [-0.3, -0.25) is 4.98 Å². The highest BCUT2D eigenvalue weighted by Crippen LogP contribution is 2.53. The smallest absolute Gasteiger partial charge is 0.137 e. The third kappa shape index (κ3) is 4.68. The number of fused-ring (bicyclic) bond motifs is 4. The summed E-state index contributed by atoms with van der Waals surface area (Å²) in [5.41, 5.74) is 5.47. The summed E-state index contributed by atoms with van der Waals surface area (Å²) in [5.74, 6) is 0. The summed E-state index contributed by atoms with van der Waals surface area (Å²) in [6, 6.07) is 6.36. The average Bonchev–Trinajstić information content (AvgIpc) is 3.71. The van der Waals surface area contributed by atoms with Gasteiger partial charge in [-0.25, -0.2) is 14.1 Å². The van der Waals surface area contributed by atoms with Crippen molar-refractivity contribution in [2.24, 2.45) is 5.41 Å². The van der Waals surface area contributed by atoms with Crippen molar-refractivity contribution < 1.29 is 4.39 Å². The highest BCUT2D eigenvalue weighted by molar-refractivity contribution is 5.63. The molecule has 5 heterocycles. The SMILES string of the molecule is FC12CCC(CNCc3ccc4nc(Cn5cc(-c6cncc(N7CCCC7)c6)nn5)cn4c3)(CC1)CC2. The van der Waals surface area contributed by atoms with Crippen molar-refractivity contribution in [3.63, 3.8) is 0 Å². The molecule has 1 N–H and O–H groups in total. The molecule has 198 valence electrons. The fourth-order valence-electron chi connectivity index (χ4n) is 6.62. The minimum absolute atomic E-state index is 0.294. The first kappa shape index (κ1) is 23.8. The Balaban J connectivity index is 0.990. The molecule has 1 saturated heterocycles. The van der Waals surface area contributed by atoms with E-state index in [2.05, 4.69) is 60.5 Å². The standard InChI is InChI=1S/C29H35FN8/c30-29-8-5-28(6-9-29,7-10-29)21-32-14-22-3-4-27-33-24(18-37(27)17-22)19-38-20-26(34-35-38)23-13-25(16-31-15-23)36-11-1-2-12-36/h3-4,13,15-18,20,32H,1-2,5-12,14,19,21H2. The number of nitrogens with one attached hydrogen (secondary N) is 1. The van der Waals surface area contributed by atoms with E-state index in [-0.39, 0.29) is 0 Å². The highest BCUT2D eigenvalue weighted by Gasteiger charge is 2.48. The van der Waals surface area contributed by atoms with Crippen LogP contribution < -0.4 is 10.2 Å². The maximum atomic E-state index is 14.5. The number of rotatable bonds is 8. The fraction of sp³-hybridized carbons (Fsp3) is 0.517. The van der Waals surface area contributed by atoms with Crippen LogP contribution in [0.1, 0.15) is 62.6 Å². The van der Waals surface area contributed by atoms with Gasteiger partial charge in [-0.05, 0) is 74.5 Å². The van der Waals surface area contributed by atoms with E-state index in [1.807, 2.05) is 23.3 Å². The van der Waals surface area contributed by atoms with Crippen LogP contribution in [0.25, 0.3) is 16.9 Å². The molecule has 0 unspecified atom stereocenters. The number of hydrogen-bond donors (Lipinski definition) is 1. The minimum atomic E-state index is -0.866. The number of pyridine rings is 2. The van der Waals surface area contributed by atoms with Crippen LogP contribution in [0.15, 0.2) is 49.2 Å². The van der Waals surface area contributed by atoms with Crippen molar-refractivity contribution in [3.05, 3.63) is 60.4 Å². The van der Waals surface area contributed by atoms with Crippen LogP contribution in [-0.4, -0.2) is 54.7 Å². The summed E-state index contributed by atoms with van der Waals surface area (Å²) in [6.45, 7) is 4.51. The van der Waals surface area contributed by atoms with Gasteiger partial charge in [0.1, 0.15) is 17.0 Å². The summed E-state index contributed by atoms with van der Waals surface area (Å²) in [4.78, 5) is 11.6. The normalized spacial score (nSPS) is 25.0. The zero-order valence-corrected chi connectivity index (χ0v) is 21.8. The molecule has 0 amide bonds. The Morgan fingerprint density at radius 3 is 2.58 bits per heavy atom. The molecule has 0 aromatic carbocycles. The highest BCUT2D eigenvalue weighted by atomic mass is 19.1. The van der Waals surface area contributed by atoms with Gasteiger partial charge in [0.15, 0.2) is 0 Å². The molecular formula is C29H35FN8. The molecule has 0 radical (unpaired) electrons. The van der Waals surface area contributed by atoms with E-state index >= 15 is 0 Å². The Labute approximate surface area is 222 Å². The maximum Gasteiger partial charge on any atom is 0.137 e. The predicted octanol–water partition coefficient (Wildman–Crippen LogP) is 4.79. The van der Waals surface area contributed by atoms with Gasteiger partial charge in [0.05, 0.1) is 30.3 Å². The van der Waals surface area contributed by atoms with Crippen LogP contribution in [0.2, 0.25) is 0 Å². The Kier molecular flexibility index (Phi) is 5.91. The molecule has 2 bridgehead atoms. The van der Waals surface area contributed by atoms with Gasteiger partial charge in [0.25, 0.3) is 0 Å². The largest absolute Gasteiger partial charge is 0.370 e. The Bertz CT molecular complexity index is 1410. The Morgan fingerprint density at radius 2 is 1.76 bits per heavy atom. The number of halogens is 1. The number of aromatic nitrogens is 6. The van der Waals surface area contributed by atoms with E-state index in [1.54, 1.807) is 0 Å². The van der Waals surface area contributed by atoms with Crippen molar-refractivity contribution in [2.45, 2.75) is 70.1 Å². The molecule has 38 heavy (non-hydrogen) atoms. The molecule has 4 fully saturated rings. The van der Waals surface area contributed by atoms with E-state index in [4.69, 9.17) is 4.98 Å². The van der Waals surface area contributed by atoms with Gasteiger partial charge in [0.2, 0.25) is 0 Å². The number of imidazole rings is 1. The lowest BCUT2D eigenvalue weighted by Crippen LogP contribution is -2.47. The molecule has 4 aromatic heterocycles. The molecule has 4 aromatic rings. The number of nitrogens with zero attached hydrogens (tertiary/aromatic N) is 7. The quantitative estimate of drug-likeness (QED) is 0.364. The molecule has 8 rings (SSSR count). The maximum absolute atomic E-state index is 14.5. The Hall–Kier alpha value is -3.33. The molecule has 3 aliphatic carbocycles. The summed E-state index contributed by atoms with van der Waals surface area (Å²) >= 11 is 0. The van der Waals surface area contributed by atoms with Gasteiger partial charge >= 0.3 is 0 Å². The minimum Gasteiger partial charge on any atom is -0.370 e. The van der Waals surface area contributed by atoms with Crippen LogP contribution in [-0.2, 0) is 13.1 Å². The molecular weight excluding hydrogens is 479 g/mol. The topological polar surface area (TPSA) is 76.2 Å². The molecule has 8 nitrogen and oxygen atoms in total. The second-order valence-corrected chi connectivity index (χ2v) is 11.7. The summed E-state index contributed by atoms with van der Waals surface area (Å²) < 4.78 is 18.4. The summed E-state index contributed by atoms with van der Waals surface area (Å²) in [7, 11) is 0. The van der Waals surface area contributed by atoms with E-state index < -0.39 is 5.67 Å².